The molecule has 0 atom stereocenters. The molecule has 0 spiro atoms. The zero-order valence-electron chi connectivity index (χ0n) is 8.92. The van der Waals surface area contributed by atoms with Gasteiger partial charge in [0.1, 0.15) is 11.5 Å². The van der Waals surface area contributed by atoms with Gasteiger partial charge in [-0.2, -0.15) is 0 Å². The standard InChI is InChI=1S/C13H7ClFNO/c1-6-11(15)5-9-8-3-2-7(14)4-10(8)13(17)12(9)16-6/h2-5H,1H3. The number of fused-ring (bicyclic) bond motifs is 3. The molecule has 1 aliphatic rings. The molecule has 84 valence electrons. The van der Waals surface area contributed by atoms with Gasteiger partial charge in [-0.1, -0.05) is 17.7 Å². The molecule has 0 aliphatic heterocycles. The van der Waals surface area contributed by atoms with Crippen LogP contribution in [0.1, 0.15) is 21.7 Å². The van der Waals surface area contributed by atoms with Gasteiger partial charge in [0.2, 0.25) is 5.78 Å². The molecule has 4 heteroatoms. The molecule has 0 bridgehead atoms. The van der Waals surface area contributed by atoms with Gasteiger partial charge in [-0.05, 0) is 30.7 Å². The summed E-state index contributed by atoms with van der Waals surface area (Å²) in [6.07, 6.45) is 0. The number of aryl methyl sites for hydroxylation is 1. The van der Waals surface area contributed by atoms with Gasteiger partial charge in [0, 0.05) is 16.1 Å². The van der Waals surface area contributed by atoms with E-state index in [1.807, 2.05) is 0 Å². The fourth-order valence-electron chi connectivity index (χ4n) is 2.03. The summed E-state index contributed by atoms with van der Waals surface area (Å²) in [6, 6.07) is 6.35. The second-order valence-electron chi connectivity index (χ2n) is 3.97. The largest absolute Gasteiger partial charge is 0.287 e. The number of pyridine rings is 1. The Morgan fingerprint density at radius 3 is 2.71 bits per heavy atom. The van der Waals surface area contributed by atoms with Crippen LogP contribution in [0.3, 0.4) is 0 Å². The van der Waals surface area contributed by atoms with E-state index < -0.39 is 5.82 Å². The Balaban J connectivity index is 2.35. The Morgan fingerprint density at radius 1 is 1.18 bits per heavy atom. The van der Waals surface area contributed by atoms with Crippen molar-refractivity contribution in [3.8, 4) is 11.1 Å². The fourth-order valence-corrected chi connectivity index (χ4v) is 2.20. The lowest BCUT2D eigenvalue weighted by atomic mass is 10.1. The van der Waals surface area contributed by atoms with Gasteiger partial charge < -0.3 is 0 Å². The molecule has 1 aromatic heterocycles. The van der Waals surface area contributed by atoms with Crippen LogP contribution in [0.25, 0.3) is 11.1 Å². The Morgan fingerprint density at radius 2 is 1.94 bits per heavy atom. The van der Waals surface area contributed by atoms with Crippen LogP contribution in [0.5, 0.6) is 0 Å². The van der Waals surface area contributed by atoms with Crippen LogP contribution in [-0.4, -0.2) is 10.8 Å². The van der Waals surface area contributed by atoms with Gasteiger partial charge in [-0.25, -0.2) is 9.37 Å². The van der Waals surface area contributed by atoms with Gasteiger partial charge in [0.15, 0.2) is 0 Å². The van der Waals surface area contributed by atoms with Crippen LogP contribution in [0.4, 0.5) is 4.39 Å². The molecule has 1 aliphatic carbocycles. The van der Waals surface area contributed by atoms with Crippen molar-refractivity contribution in [1.29, 1.82) is 0 Å². The lowest BCUT2D eigenvalue weighted by Crippen LogP contribution is -2.01. The number of carbonyl (C=O) groups is 1. The molecule has 0 unspecified atom stereocenters. The molecule has 1 heterocycles. The Hall–Kier alpha value is -1.74. The van der Waals surface area contributed by atoms with Crippen molar-refractivity contribution in [2.24, 2.45) is 0 Å². The van der Waals surface area contributed by atoms with Gasteiger partial charge in [0.25, 0.3) is 0 Å². The van der Waals surface area contributed by atoms with Crippen LogP contribution in [0.2, 0.25) is 5.02 Å². The molecule has 3 rings (SSSR count). The van der Waals surface area contributed by atoms with Crippen molar-refractivity contribution in [2.75, 3.05) is 0 Å². The van der Waals surface area contributed by atoms with E-state index in [-0.39, 0.29) is 11.5 Å². The van der Waals surface area contributed by atoms with Crippen molar-refractivity contribution < 1.29 is 9.18 Å². The van der Waals surface area contributed by atoms with Crippen LogP contribution in [-0.2, 0) is 0 Å². The normalized spacial score (nSPS) is 12.5. The van der Waals surface area contributed by atoms with Crippen LogP contribution < -0.4 is 0 Å². The molecular weight excluding hydrogens is 241 g/mol. The Kier molecular flexibility index (Phi) is 2.07. The Bertz CT molecular complexity index is 667. The predicted octanol–water partition coefficient (Wildman–Crippen LogP) is 3.39. The summed E-state index contributed by atoms with van der Waals surface area (Å²) in [6.45, 7) is 1.54. The van der Waals surface area contributed by atoms with Gasteiger partial charge >= 0.3 is 0 Å². The van der Waals surface area contributed by atoms with Crippen LogP contribution in [0.15, 0.2) is 24.3 Å². The summed E-state index contributed by atoms with van der Waals surface area (Å²) in [7, 11) is 0. The minimum Gasteiger partial charge on any atom is -0.287 e. The van der Waals surface area contributed by atoms with E-state index in [0.29, 0.717) is 27.4 Å². The molecule has 0 N–H and O–H groups in total. The van der Waals surface area contributed by atoms with E-state index in [4.69, 9.17) is 11.6 Å². The molecule has 1 aromatic carbocycles. The summed E-state index contributed by atoms with van der Waals surface area (Å²) in [5, 5.41) is 0.488. The van der Waals surface area contributed by atoms with E-state index in [1.165, 1.54) is 6.07 Å². The number of rotatable bonds is 0. The molecule has 2 nitrogen and oxygen atoms in total. The maximum Gasteiger partial charge on any atom is 0.212 e. The minimum atomic E-state index is -0.403. The highest BCUT2D eigenvalue weighted by Gasteiger charge is 2.29. The molecule has 0 saturated heterocycles. The van der Waals surface area contributed by atoms with Crippen molar-refractivity contribution in [2.45, 2.75) is 6.92 Å². The second kappa shape index (κ2) is 3.37. The van der Waals surface area contributed by atoms with Crippen molar-refractivity contribution in [3.63, 3.8) is 0 Å². The van der Waals surface area contributed by atoms with E-state index in [0.717, 1.165) is 0 Å². The number of hydrogen-bond donors (Lipinski definition) is 0. The van der Waals surface area contributed by atoms with E-state index in [2.05, 4.69) is 4.98 Å². The minimum absolute atomic E-state index is 0.194. The summed E-state index contributed by atoms with van der Waals surface area (Å²) in [5.74, 6) is -0.597. The smallest absolute Gasteiger partial charge is 0.212 e. The molecule has 0 amide bonds. The Labute approximate surface area is 102 Å². The van der Waals surface area contributed by atoms with Gasteiger partial charge in [-0.15, -0.1) is 0 Å². The predicted molar refractivity (Wildman–Crippen MR) is 62.8 cm³/mol. The number of hydrogen-bond acceptors (Lipinski definition) is 2. The lowest BCUT2D eigenvalue weighted by molar-refractivity contribution is 0.103. The number of halogens is 2. The van der Waals surface area contributed by atoms with E-state index >= 15 is 0 Å². The first-order chi connectivity index (χ1) is 8.08. The first-order valence-electron chi connectivity index (χ1n) is 5.09. The molecule has 17 heavy (non-hydrogen) atoms. The first-order valence-corrected chi connectivity index (χ1v) is 5.47. The SMILES string of the molecule is Cc1nc2c(cc1F)-c1ccc(Cl)cc1C2=O. The molecule has 0 saturated carbocycles. The third-order valence-electron chi connectivity index (χ3n) is 2.88. The zero-order valence-corrected chi connectivity index (χ0v) is 9.68. The summed E-state index contributed by atoms with van der Waals surface area (Å²) >= 11 is 5.85. The molecule has 0 fully saturated rings. The third-order valence-corrected chi connectivity index (χ3v) is 3.12. The molecule has 2 aromatic rings. The highest BCUT2D eigenvalue weighted by molar-refractivity contribution is 6.32. The second-order valence-corrected chi connectivity index (χ2v) is 4.41. The maximum atomic E-state index is 13.5. The number of aromatic nitrogens is 1. The first kappa shape index (κ1) is 10.4. The zero-order chi connectivity index (χ0) is 12.2. The third kappa shape index (κ3) is 1.39. The van der Waals surface area contributed by atoms with Gasteiger partial charge in [-0.3, -0.25) is 4.79 Å². The number of benzene rings is 1. The number of carbonyl (C=O) groups excluding carboxylic acids is 1. The van der Waals surface area contributed by atoms with E-state index in [9.17, 15) is 9.18 Å². The van der Waals surface area contributed by atoms with Crippen LogP contribution >= 0.6 is 11.6 Å². The fraction of sp³-hybridized carbons (Fsp3) is 0.0769. The van der Waals surface area contributed by atoms with Crippen molar-refractivity contribution in [3.05, 3.63) is 52.1 Å². The molecular formula is C13H7ClFNO. The average Bonchev–Trinajstić information content (AvgIpc) is 2.54. The summed E-state index contributed by atoms with van der Waals surface area (Å²) < 4.78 is 13.5. The summed E-state index contributed by atoms with van der Waals surface area (Å²) in [4.78, 5) is 16.1. The highest BCUT2D eigenvalue weighted by atomic mass is 35.5. The van der Waals surface area contributed by atoms with Gasteiger partial charge in [0.05, 0.1) is 5.69 Å². The molecule has 0 radical (unpaired) electrons. The summed E-state index contributed by atoms with van der Waals surface area (Å²) in [5.41, 5.74) is 2.27. The number of nitrogens with zero attached hydrogens (tertiary/aromatic N) is 1. The maximum absolute atomic E-state index is 13.5. The van der Waals surface area contributed by atoms with Crippen LogP contribution in [0, 0.1) is 12.7 Å². The lowest BCUT2D eigenvalue weighted by Gasteiger charge is -2.01. The van der Waals surface area contributed by atoms with Crippen molar-refractivity contribution in [1.82, 2.24) is 4.98 Å². The average molecular weight is 248 g/mol. The number of ketones is 1. The van der Waals surface area contributed by atoms with Crippen molar-refractivity contribution >= 4 is 17.4 Å². The topological polar surface area (TPSA) is 30.0 Å². The van der Waals surface area contributed by atoms with E-state index in [1.54, 1.807) is 25.1 Å². The quantitative estimate of drug-likeness (QED) is 0.609. The monoisotopic (exact) mass is 247 g/mol. The highest BCUT2D eigenvalue weighted by Crippen LogP contribution is 2.37.